The number of hydrogen-bond donors (Lipinski definition) is 0. The van der Waals surface area contributed by atoms with Crippen LogP contribution in [0.4, 0.5) is 4.39 Å². The van der Waals surface area contributed by atoms with E-state index in [0.717, 1.165) is 4.47 Å². The minimum atomic E-state index is -0.294. The van der Waals surface area contributed by atoms with Gasteiger partial charge in [-0.1, -0.05) is 15.9 Å². The fourth-order valence-corrected chi connectivity index (χ4v) is 2.61. The highest BCUT2D eigenvalue weighted by atomic mass is 79.9. The molecule has 0 atom stereocenters. The van der Waals surface area contributed by atoms with Crippen LogP contribution in [0.2, 0.25) is 0 Å². The lowest BCUT2D eigenvalue weighted by Gasteiger charge is -2.08. The molecule has 0 radical (unpaired) electrons. The summed E-state index contributed by atoms with van der Waals surface area (Å²) < 4.78 is 20.7. The molecule has 0 amide bonds. The van der Waals surface area contributed by atoms with Crippen molar-refractivity contribution < 1.29 is 9.13 Å². The van der Waals surface area contributed by atoms with Crippen LogP contribution in [-0.2, 0) is 6.54 Å². The van der Waals surface area contributed by atoms with Crippen LogP contribution in [0.15, 0.2) is 58.1 Å². The Labute approximate surface area is 140 Å². The van der Waals surface area contributed by atoms with Crippen LogP contribution < -0.4 is 10.3 Å². The quantitative estimate of drug-likeness (QED) is 0.636. The van der Waals surface area contributed by atoms with Crippen molar-refractivity contribution >= 4 is 26.8 Å². The molecule has 4 nitrogen and oxygen atoms in total. The molecule has 0 fully saturated rings. The van der Waals surface area contributed by atoms with Crippen molar-refractivity contribution in [2.75, 3.05) is 6.61 Å². The van der Waals surface area contributed by atoms with Crippen LogP contribution >= 0.6 is 15.9 Å². The number of nitrogens with zero attached hydrogens (tertiary/aromatic N) is 2. The SMILES string of the molecule is O=c1c2cc(Br)ccc2ncn1CCCOc1ccc(F)cc1. The maximum absolute atomic E-state index is 12.8. The third kappa shape index (κ3) is 3.76. The highest BCUT2D eigenvalue weighted by Gasteiger charge is 2.04. The monoisotopic (exact) mass is 376 g/mol. The maximum atomic E-state index is 12.8. The van der Waals surface area contributed by atoms with E-state index in [1.807, 2.05) is 12.1 Å². The van der Waals surface area contributed by atoms with Gasteiger partial charge in [0.05, 0.1) is 23.8 Å². The van der Waals surface area contributed by atoms with Gasteiger partial charge in [0, 0.05) is 11.0 Å². The van der Waals surface area contributed by atoms with Gasteiger partial charge in [-0.25, -0.2) is 9.37 Å². The lowest BCUT2D eigenvalue weighted by atomic mass is 10.2. The van der Waals surface area contributed by atoms with E-state index in [0.29, 0.717) is 36.2 Å². The zero-order valence-corrected chi connectivity index (χ0v) is 13.8. The van der Waals surface area contributed by atoms with Crippen LogP contribution in [0.1, 0.15) is 6.42 Å². The zero-order valence-electron chi connectivity index (χ0n) is 12.2. The predicted molar refractivity (Wildman–Crippen MR) is 90.2 cm³/mol. The molecule has 0 unspecified atom stereocenters. The first-order valence-electron chi connectivity index (χ1n) is 7.16. The summed E-state index contributed by atoms with van der Waals surface area (Å²) in [6.45, 7) is 0.948. The Kier molecular flexibility index (Phi) is 4.71. The lowest BCUT2D eigenvalue weighted by molar-refractivity contribution is 0.300. The fraction of sp³-hybridized carbons (Fsp3) is 0.176. The third-order valence-electron chi connectivity index (χ3n) is 3.41. The second-order valence-corrected chi connectivity index (χ2v) is 5.98. The Morgan fingerprint density at radius 2 is 1.96 bits per heavy atom. The number of halogens is 2. The summed E-state index contributed by atoms with van der Waals surface area (Å²) >= 11 is 3.36. The van der Waals surface area contributed by atoms with Crippen molar-refractivity contribution in [3.8, 4) is 5.75 Å². The minimum absolute atomic E-state index is 0.0712. The van der Waals surface area contributed by atoms with Crippen molar-refractivity contribution in [2.45, 2.75) is 13.0 Å². The third-order valence-corrected chi connectivity index (χ3v) is 3.91. The van der Waals surface area contributed by atoms with Gasteiger partial charge in [0.15, 0.2) is 0 Å². The van der Waals surface area contributed by atoms with Crippen molar-refractivity contribution in [3.63, 3.8) is 0 Å². The van der Waals surface area contributed by atoms with Crippen LogP contribution in [-0.4, -0.2) is 16.2 Å². The molecular weight excluding hydrogens is 363 g/mol. The average Bonchev–Trinajstić information content (AvgIpc) is 2.55. The number of aromatic nitrogens is 2. The molecule has 0 saturated carbocycles. The van der Waals surface area contributed by atoms with E-state index in [1.54, 1.807) is 29.1 Å². The highest BCUT2D eigenvalue weighted by molar-refractivity contribution is 9.10. The number of benzene rings is 2. The van der Waals surface area contributed by atoms with Crippen molar-refractivity contribution in [3.05, 3.63) is 69.4 Å². The molecule has 0 spiro atoms. The standard InChI is InChI=1S/C17H14BrFN2O2/c18-12-2-7-16-15(10-12)17(22)21(11-20-16)8-1-9-23-14-5-3-13(19)4-6-14/h2-7,10-11H,1,8-9H2. The van der Waals surface area contributed by atoms with Crippen LogP contribution in [0.25, 0.3) is 10.9 Å². The number of rotatable bonds is 5. The molecular formula is C17H14BrFN2O2. The topological polar surface area (TPSA) is 44.1 Å². The number of fused-ring (bicyclic) bond motifs is 1. The summed E-state index contributed by atoms with van der Waals surface area (Å²) in [5, 5.41) is 0.585. The molecule has 3 rings (SSSR count). The Bertz CT molecular complexity index is 878. The second kappa shape index (κ2) is 6.91. The van der Waals surface area contributed by atoms with Gasteiger partial charge < -0.3 is 4.74 Å². The molecule has 0 N–H and O–H groups in total. The normalized spacial score (nSPS) is 10.9. The van der Waals surface area contributed by atoms with E-state index in [9.17, 15) is 9.18 Å². The maximum Gasteiger partial charge on any atom is 0.261 e. The molecule has 0 aliphatic carbocycles. The molecule has 1 aromatic heterocycles. The largest absolute Gasteiger partial charge is 0.494 e. The number of aryl methyl sites for hydroxylation is 1. The summed E-state index contributed by atoms with van der Waals surface area (Å²) in [4.78, 5) is 16.7. The van der Waals surface area contributed by atoms with Gasteiger partial charge >= 0.3 is 0 Å². The Morgan fingerprint density at radius 1 is 1.17 bits per heavy atom. The van der Waals surface area contributed by atoms with Gasteiger partial charge in [-0.15, -0.1) is 0 Å². The first kappa shape index (κ1) is 15.7. The molecule has 118 valence electrons. The van der Waals surface area contributed by atoms with Gasteiger partial charge in [0.25, 0.3) is 5.56 Å². The van der Waals surface area contributed by atoms with Crippen LogP contribution in [0, 0.1) is 5.82 Å². The van der Waals surface area contributed by atoms with Crippen molar-refractivity contribution in [2.24, 2.45) is 0 Å². The van der Waals surface area contributed by atoms with Gasteiger partial charge in [-0.05, 0) is 48.9 Å². The molecule has 23 heavy (non-hydrogen) atoms. The van der Waals surface area contributed by atoms with E-state index in [-0.39, 0.29) is 11.4 Å². The van der Waals surface area contributed by atoms with Crippen LogP contribution in [0.5, 0.6) is 5.75 Å². The summed E-state index contributed by atoms with van der Waals surface area (Å²) in [6.07, 6.45) is 2.20. The first-order valence-corrected chi connectivity index (χ1v) is 7.96. The molecule has 0 saturated heterocycles. The zero-order chi connectivity index (χ0) is 16.2. The van der Waals surface area contributed by atoms with Gasteiger partial charge in [0.2, 0.25) is 0 Å². The lowest BCUT2D eigenvalue weighted by Crippen LogP contribution is -2.21. The summed E-state index contributed by atoms with van der Waals surface area (Å²) in [5.41, 5.74) is 0.607. The van der Waals surface area contributed by atoms with E-state index in [4.69, 9.17) is 4.74 Å². The summed E-state index contributed by atoms with van der Waals surface area (Å²) in [7, 11) is 0. The summed E-state index contributed by atoms with van der Waals surface area (Å²) in [5.74, 6) is 0.316. The molecule has 2 aromatic carbocycles. The van der Waals surface area contributed by atoms with Gasteiger partial charge in [-0.2, -0.15) is 0 Å². The van der Waals surface area contributed by atoms with E-state index in [1.165, 1.54) is 12.1 Å². The number of ether oxygens (including phenoxy) is 1. The van der Waals surface area contributed by atoms with Gasteiger partial charge in [-0.3, -0.25) is 9.36 Å². The van der Waals surface area contributed by atoms with E-state index >= 15 is 0 Å². The minimum Gasteiger partial charge on any atom is -0.494 e. The highest BCUT2D eigenvalue weighted by Crippen LogP contribution is 2.15. The molecule has 1 heterocycles. The predicted octanol–water partition coefficient (Wildman–Crippen LogP) is 3.77. The average molecular weight is 377 g/mol. The molecule has 0 aliphatic rings. The fourth-order valence-electron chi connectivity index (χ4n) is 2.25. The summed E-state index contributed by atoms with van der Waals surface area (Å²) in [6, 6.07) is 11.3. The smallest absolute Gasteiger partial charge is 0.261 e. The molecule has 0 aliphatic heterocycles. The first-order chi connectivity index (χ1) is 11.1. The Morgan fingerprint density at radius 3 is 2.74 bits per heavy atom. The Balaban J connectivity index is 1.64. The second-order valence-electron chi connectivity index (χ2n) is 5.06. The van der Waals surface area contributed by atoms with E-state index in [2.05, 4.69) is 20.9 Å². The Hall–Kier alpha value is -2.21. The van der Waals surface area contributed by atoms with Crippen molar-refractivity contribution in [1.29, 1.82) is 0 Å². The van der Waals surface area contributed by atoms with Crippen molar-refractivity contribution in [1.82, 2.24) is 9.55 Å². The van der Waals surface area contributed by atoms with Gasteiger partial charge in [0.1, 0.15) is 11.6 Å². The van der Waals surface area contributed by atoms with E-state index < -0.39 is 0 Å². The molecule has 3 aromatic rings. The number of hydrogen-bond acceptors (Lipinski definition) is 3. The molecule has 0 bridgehead atoms. The molecule has 6 heteroatoms. The van der Waals surface area contributed by atoms with Crippen LogP contribution in [0.3, 0.4) is 0 Å².